The summed E-state index contributed by atoms with van der Waals surface area (Å²) in [5.74, 6) is 1.39. The van der Waals surface area contributed by atoms with Crippen LogP contribution in [0.3, 0.4) is 0 Å². The molecule has 0 atom stereocenters. The zero-order chi connectivity index (χ0) is 20.8. The maximum Gasteiger partial charge on any atom is 0.256 e. The fraction of sp³-hybridized carbons (Fsp3) is 0.318. The summed E-state index contributed by atoms with van der Waals surface area (Å²) in [4.78, 5) is 23.7. The summed E-state index contributed by atoms with van der Waals surface area (Å²) < 4.78 is 16.3. The molecule has 1 aliphatic heterocycles. The Morgan fingerprint density at radius 3 is 2.60 bits per heavy atom. The first-order valence-corrected chi connectivity index (χ1v) is 9.87. The van der Waals surface area contributed by atoms with Crippen molar-refractivity contribution in [2.75, 3.05) is 51.9 Å². The molecule has 0 saturated carbocycles. The molecule has 1 saturated heterocycles. The Bertz CT molecular complexity index is 1000. The zero-order valence-electron chi connectivity index (χ0n) is 16.8. The monoisotopic (exact) mass is 408 g/mol. The SMILES string of the molecule is COc1ccc(C(=O)Nc2ccc3ccc(OCCN4CCOCC4)nc3n2)cc1. The average Bonchev–Trinajstić information content (AvgIpc) is 2.79. The van der Waals surface area contributed by atoms with Crippen LogP contribution in [0.4, 0.5) is 5.82 Å². The van der Waals surface area contributed by atoms with Gasteiger partial charge in [-0.2, -0.15) is 4.98 Å². The van der Waals surface area contributed by atoms with Crippen molar-refractivity contribution in [1.82, 2.24) is 14.9 Å². The second-order valence-corrected chi connectivity index (χ2v) is 6.88. The Morgan fingerprint density at radius 1 is 1.07 bits per heavy atom. The van der Waals surface area contributed by atoms with Gasteiger partial charge in [0.2, 0.25) is 5.88 Å². The summed E-state index contributed by atoms with van der Waals surface area (Å²) in [6, 6.07) is 14.3. The molecular weight excluding hydrogens is 384 g/mol. The molecule has 0 aliphatic carbocycles. The van der Waals surface area contributed by atoms with Crippen LogP contribution in [0.5, 0.6) is 11.6 Å². The number of methoxy groups -OCH3 is 1. The van der Waals surface area contributed by atoms with E-state index in [-0.39, 0.29) is 5.91 Å². The quantitative estimate of drug-likeness (QED) is 0.643. The highest BCUT2D eigenvalue weighted by Gasteiger charge is 2.11. The number of aromatic nitrogens is 2. The number of hydrogen-bond donors (Lipinski definition) is 1. The molecular formula is C22H24N4O4. The van der Waals surface area contributed by atoms with Crippen LogP contribution in [-0.2, 0) is 4.74 Å². The summed E-state index contributed by atoms with van der Waals surface area (Å²) in [7, 11) is 1.59. The van der Waals surface area contributed by atoms with Gasteiger partial charge in [0.05, 0.1) is 20.3 Å². The number of ether oxygens (including phenoxy) is 3. The first-order chi connectivity index (χ1) is 14.7. The molecule has 30 heavy (non-hydrogen) atoms. The molecule has 1 N–H and O–H groups in total. The van der Waals surface area contributed by atoms with Gasteiger partial charge in [-0.3, -0.25) is 9.69 Å². The van der Waals surface area contributed by atoms with E-state index in [0.29, 0.717) is 35.3 Å². The molecule has 0 radical (unpaired) electrons. The number of hydrogen-bond acceptors (Lipinski definition) is 7. The molecule has 8 heteroatoms. The smallest absolute Gasteiger partial charge is 0.256 e. The molecule has 0 unspecified atom stereocenters. The van der Waals surface area contributed by atoms with Crippen molar-refractivity contribution in [3.05, 3.63) is 54.1 Å². The lowest BCUT2D eigenvalue weighted by Gasteiger charge is -2.26. The van der Waals surface area contributed by atoms with Gasteiger partial charge in [-0.25, -0.2) is 4.98 Å². The molecule has 2 aromatic heterocycles. The molecule has 1 aliphatic rings. The normalized spacial score (nSPS) is 14.4. The molecule has 3 heterocycles. The van der Waals surface area contributed by atoms with Crippen LogP contribution in [0.2, 0.25) is 0 Å². The predicted octanol–water partition coefficient (Wildman–Crippen LogP) is 2.60. The fourth-order valence-corrected chi connectivity index (χ4v) is 3.17. The number of morpholine rings is 1. The topological polar surface area (TPSA) is 85.8 Å². The van der Waals surface area contributed by atoms with Gasteiger partial charge in [0.1, 0.15) is 18.2 Å². The van der Waals surface area contributed by atoms with Crippen LogP contribution < -0.4 is 14.8 Å². The van der Waals surface area contributed by atoms with E-state index in [4.69, 9.17) is 14.2 Å². The van der Waals surface area contributed by atoms with Crippen LogP contribution in [0.25, 0.3) is 11.0 Å². The van der Waals surface area contributed by atoms with E-state index in [1.165, 1.54) is 0 Å². The Kier molecular flexibility index (Phi) is 6.36. The third-order valence-corrected chi connectivity index (χ3v) is 4.88. The van der Waals surface area contributed by atoms with Crippen molar-refractivity contribution >= 4 is 22.8 Å². The highest BCUT2D eigenvalue weighted by molar-refractivity contribution is 6.04. The lowest BCUT2D eigenvalue weighted by Crippen LogP contribution is -2.38. The first-order valence-electron chi connectivity index (χ1n) is 9.87. The molecule has 1 amide bonds. The van der Waals surface area contributed by atoms with Crippen molar-refractivity contribution in [2.24, 2.45) is 0 Å². The van der Waals surface area contributed by atoms with Gasteiger partial charge in [0.25, 0.3) is 5.91 Å². The van der Waals surface area contributed by atoms with E-state index in [1.54, 1.807) is 37.4 Å². The van der Waals surface area contributed by atoms with Gasteiger partial charge in [-0.15, -0.1) is 0 Å². The van der Waals surface area contributed by atoms with Crippen LogP contribution in [0.1, 0.15) is 10.4 Å². The van der Waals surface area contributed by atoms with Crippen LogP contribution >= 0.6 is 0 Å². The van der Waals surface area contributed by atoms with E-state index in [0.717, 1.165) is 38.2 Å². The largest absolute Gasteiger partial charge is 0.497 e. The van der Waals surface area contributed by atoms with Crippen LogP contribution in [-0.4, -0.2) is 67.3 Å². The highest BCUT2D eigenvalue weighted by Crippen LogP contribution is 2.18. The molecule has 1 aromatic carbocycles. The van der Waals surface area contributed by atoms with Crippen molar-refractivity contribution in [2.45, 2.75) is 0 Å². The second-order valence-electron chi connectivity index (χ2n) is 6.88. The van der Waals surface area contributed by atoms with Gasteiger partial charge < -0.3 is 19.5 Å². The third-order valence-electron chi connectivity index (χ3n) is 4.88. The minimum Gasteiger partial charge on any atom is -0.497 e. The zero-order valence-corrected chi connectivity index (χ0v) is 16.8. The lowest BCUT2D eigenvalue weighted by atomic mass is 10.2. The summed E-state index contributed by atoms with van der Waals surface area (Å²) in [6.45, 7) is 4.76. The summed E-state index contributed by atoms with van der Waals surface area (Å²) in [6.07, 6.45) is 0. The van der Waals surface area contributed by atoms with Gasteiger partial charge in [0, 0.05) is 36.7 Å². The number of nitrogens with zero attached hydrogens (tertiary/aromatic N) is 3. The fourth-order valence-electron chi connectivity index (χ4n) is 3.17. The number of benzene rings is 1. The summed E-state index contributed by atoms with van der Waals surface area (Å²) in [5.41, 5.74) is 1.04. The number of anilines is 1. The molecule has 8 nitrogen and oxygen atoms in total. The minimum absolute atomic E-state index is 0.248. The van der Waals surface area contributed by atoms with E-state index in [2.05, 4.69) is 20.2 Å². The van der Waals surface area contributed by atoms with E-state index in [9.17, 15) is 4.79 Å². The first kappa shape index (κ1) is 20.1. The molecule has 0 spiro atoms. The maximum atomic E-state index is 12.5. The molecule has 4 rings (SSSR count). The minimum atomic E-state index is -0.248. The number of fused-ring (bicyclic) bond motifs is 1. The Hall–Kier alpha value is -3.23. The number of amides is 1. The Labute approximate surface area is 174 Å². The maximum absolute atomic E-state index is 12.5. The van der Waals surface area contributed by atoms with Crippen LogP contribution in [0, 0.1) is 0 Å². The van der Waals surface area contributed by atoms with E-state index >= 15 is 0 Å². The molecule has 0 bridgehead atoms. The van der Waals surface area contributed by atoms with Gasteiger partial charge in [-0.1, -0.05) is 0 Å². The second kappa shape index (κ2) is 9.51. The highest BCUT2D eigenvalue weighted by atomic mass is 16.5. The Morgan fingerprint density at radius 2 is 1.83 bits per heavy atom. The van der Waals surface area contributed by atoms with Crippen molar-refractivity contribution in [1.29, 1.82) is 0 Å². The van der Waals surface area contributed by atoms with E-state index < -0.39 is 0 Å². The number of nitrogens with one attached hydrogen (secondary N) is 1. The number of carbonyl (C=O) groups is 1. The van der Waals surface area contributed by atoms with Crippen molar-refractivity contribution < 1.29 is 19.0 Å². The van der Waals surface area contributed by atoms with Crippen molar-refractivity contribution in [3.63, 3.8) is 0 Å². The molecule has 3 aromatic rings. The summed E-state index contributed by atoms with van der Waals surface area (Å²) in [5, 5.41) is 3.68. The lowest BCUT2D eigenvalue weighted by molar-refractivity contribution is 0.0320. The standard InChI is InChI=1S/C22H24N4O4/c1-28-18-6-2-17(3-7-18)22(27)24-19-8-4-16-5-9-20(25-21(16)23-19)30-15-12-26-10-13-29-14-11-26/h2-9H,10-15H2,1H3,(H,23,24,25,27). The van der Waals surface area contributed by atoms with Gasteiger partial charge in [-0.05, 0) is 42.5 Å². The van der Waals surface area contributed by atoms with Gasteiger partial charge in [0.15, 0.2) is 5.65 Å². The number of carbonyl (C=O) groups excluding carboxylic acids is 1. The molecule has 1 fully saturated rings. The van der Waals surface area contributed by atoms with E-state index in [1.807, 2.05) is 18.2 Å². The summed E-state index contributed by atoms with van der Waals surface area (Å²) >= 11 is 0. The third kappa shape index (κ3) is 5.03. The average molecular weight is 408 g/mol. The van der Waals surface area contributed by atoms with Crippen LogP contribution in [0.15, 0.2) is 48.5 Å². The number of rotatable bonds is 7. The number of pyridine rings is 2. The van der Waals surface area contributed by atoms with Gasteiger partial charge >= 0.3 is 0 Å². The van der Waals surface area contributed by atoms with Crippen molar-refractivity contribution in [3.8, 4) is 11.6 Å². The molecule has 156 valence electrons. The predicted molar refractivity (Wildman–Crippen MR) is 113 cm³/mol. The Balaban J connectivity index is 1.39.